The summed E-state index contributed by atoms with van der Waals surface area (Å²) in [5.74, 6) is -1.19. The van der Waals surface area contributed by atoms with Crippen molar-refractivity contribution < 1.29 is 14.7 Å². The molecule has 19 heavy (non-hydrogen) atoms. The Hall–Kier alpha value is -1.07. The third-order valence-electron chi connectivity index (χ3n) is 3.11. The minimum absolute atomic E-state index is 0.190. The molecule has 2 atom stereocenters. The minimum Gasteiger partial charge on any atom is -0.480 e. The van der Waals surface area contributed by atoms with Crippen LogP contribution in [-0.2, 0) is 16.0 Å². The summed E-state index contributed by atoms with van der Waals surface area (Å²) >= 11 is 9.24. The Morgan fingerprint density at radius 2 is 2.11 bits per heavy atom. The highest BCUT2D eigenvalue weighted by molar-refractivity contribution is 9.10. The summed E-state index contributed by atoms with van der Waals surface area (Å²) in [6.07, 6.45) is 0.504. The van der Waals surface area contributed by atoms with Crippen LogP contribution in [0.3, 0.4) is 0 Å². The largest absolute Gasteiger partial charge is 0.480 e. The summed E-state index contributed by atoms with van der Waals surface area (Å²) < 4.78 is 0.932. The van der Waals surface area contributed by atoms with Gasteiger partial charge in [-0.3, -0.25) is 4.79 Å². The number of aliphatic carboxylic acids is 1. The summed E-state index contributed by atoms with van der Waals surface area (Å²) in [5.41, 5.74) is 0.876. The zero-order valence-corrected chi connectivity index (χ0v) is 12.4. The number of likely N-dealkylation sites (tertiary alicyclic amines) is 1. The summed E-state index contributed by atoms with van der Waals surface area (Å²) in [4.78, 5) is 24.5. The zero-order chi connectivity index (χ0) is 14.0. The second kappa shape index (κ2) is 5.92. The number of amides is 1. The Bertz CT molecular complexity index is 491. The molecule has 1 heterocycles. The van der Waals surface area contributed by atoms with Gasteiger partial charge in [0, 0.05) is 23.9 Å². The van der Waals surface area contributed by atoms with E-state index in [9.17, 15) is 14.7 Å². The second-order valence-corrected chi connectivity index (χ2v) is 6.07. The highest BCUT2D eigenvalue weighted by atomic mass is 79.9. The van der Waals surface area contributed by atoms with E-state index in [4.69, 9.17) is 11.6 Å². The Kier molecular flexibility index (Phi) is 4.47. The molecule has 1 N–H and O–H groups in total. The Morgan fingerprint density at radius 3 is 2.58 bits per heavy atom. The third kappa shape index (κ3) is 3.48. The van der Waals surface area contributed by atoms with Gasteiger partial charge in [0.1, 0.15) is 6.04 Å². The lowest BCUT2D eigenvalue weighted by atomic mass is 10.1. The van der Waals surface area contributed by atoms with Gasteiger partial charge in [-0.25, -0.2) is 4.79 Å². The van der Waals surface area contributed by atoms with Crippen LogP contribution in [0.1, 0.15) is 12.0 Å². The van der Waals surface area contributed by atoms with Gasteiger partial charge in [0.05, 0.1) is 5.38 Å². The first-order valence-electron chi connectivity index (χ1n) is 5.88. The second-order valence-electron chi connectivity index (χ2n) is 4.53. The maximum absolute atomic E-state index is 11.7. The van der Waals surface area contributed by atoms with E-state index in [-0.39, 0.29) is 24.1 Å². The van der Waals surface area contributed by atoms with Crippen LogP contribution in [0, 0.1) is 0 Å². The first-order chi connectivity index (χ1) is 8.97. The first kappa shape index (κ1) is 14.3. The van der Waals surface area contributed by atoms with Gasteiger partial charge < -0.3 is 10.0 Å². The van der Waals surface area contributed by atoms with Crippen LogP contribution in [0.2, 0.25) is 0 Å². The number of alkyl halides is 1. The highest BCUT2D eigenvalue weighted by Crippen LogP contribution is 2.22. The van der Waals surface area contributed by atoms with E-state index in [1.165, 1.54) is 4.90 Å². The van der Waals surface area contributed by atoms with Crippen LogP contribution in [0.4, 0.5) is 0 Å². The summed E-state index contributed by atoms with van der Waals surface area (Å²) in [6, 6.07) is 6.55. The molecule has 2 unspecified atom stereocenters. The normalized spacial score (nSPS) is 20.6. The molecule has 0 saturated carbocycles. The Balaban J connectivity index is 2.15. The molecule has 0 radical (unpaired) electrons. The molecule has 1 amide bonds. The van der Waals surface area contributed by atoms with E-state index in [1.807, 2.05) is 24.3 Å². The lowest BCUT2D eigenvalue weighted by molar-refractivity contribution is -0.148. The number of halogens is 2. The minimum atomic E-state index is -0.998. The average Bonchev–Trinajstić information content (AvgIpc) is 2.67. The van der Waals surface area contributed by atoms with Crippen LogP contribution < -0.4 is 0 Å². The van der Waals surface area contributed by atoms with Crippen molar-refractivity contribution in [1.29, 1.82) is 0 Å². The van der Waals surface area contributed by atoms with Gasteiger partial charge in [-0.15, -0.1) is 11.6 Å². The predicted molar refractivity (Wildman–Crippen MR) is 75.2 cm³/mol. The molecule has 102 valence electrons. The predicted octanol–water partition coefficient (Wildman–Crippen LogP) is 2.28. The summed E-state index contributed by atoms with van der Waals surface area (Å²) in [6.45, 7) is 0.299. The lowest BCUT2D eigenvalue weighted by Crippen LogP contribution is -2.43. The number of carbonyl (C=O) groups is 2. The molecule has 4 nitrogen and oxygen atoms in total. The van der Waals surface area contributed by atoms with E-state index in [0.29, 0.717) is 6.54 Å². The fourth-order valence-corrected chi connectivity index (χ4v) is 2.71. The van der Waals surface area contributed by atoms with E-state index in [0.717, 1.165) is 10.0 Å². The first-order valence-corrected chi connectivity index (χ1v) is 7.11. The summed E-state index contributed by atoms with van der Waals surface area (Å²) in [7, 11) is 0. The van der Waals surface area contributed by atoms with Gasteiger partial charge in [-0.2, -0.15) is 0 Å². The van der Waals surface area contributed by atoms with E-state index in [2.05, 4.69) is 15.9 Å². The van der Waals surface area contributed by atoms with Gasteiger partial charge >= 0.3 is 5.97 Å². The fraction of sp³-hybridized carbons (Fsp3) is 0.385. The maximum atomic E-state index is 11.7. The number of rotatable bonds is 4. The van der Waals surface area contributed by atoms with Crippen molar-refractivity contribution in [1.82, 2.24) is 4.90 Å². The van der Waals surface area contributed by atoms with Gasteiger partial charge in [0.15, 0.2) is 0 Å². The highest BCUT2D eigenvalue weighted by Gasteiger charge is 2.36. The average molecular weight is 347 g/mol. The molecular formula is C13H13BrClNO3. The quantitative estimate of drug-likeness (QED) is 0.851. The smallest absolute Gasteiger partial charge is 0.326 e. The van der Waals surface area contributed by atoms with Crippen molar-refractivity contribution in [3.05, 3.63) is 34.3 Å². The number of carbonyl (C=O) groups excluding carboxylic acids is 1. The molecule has 1 saturated heterocycles. The van der Waals surface area contributed by atoms with Crippen molar-refractivity contribution in [2.75, 3.05) is 6.54 Å². The molecule has 0 bridgehead atoms. The maximum Gasteiger partial charge on any atom is 0.326 e. The van der Waals surface area contributed by atoms with E-state index >= 15 is 0 Å². The molecule has 1 aliphatic rings. The molecular weight excluding hydrogens is 334 g/mol. The Morgan fingerprint density at radius 1 is 1.47 bits per heavy atom. The van der Waals surface area contributed by atoms with Crippen LogP contribution in [0.25, 0.3) is 0 Å². The Labute approximate surface area is 124 Å². The van der Waals surface area contributed by atoms with Crippen LogP contribution in [0.15, 0.2) is 28.7 Å². The van der Waals surface area contributed by atoms with E-state index < -0.39 is 12.0 Å². The van der Waals surface area contributed by atoms with Gasteiger partial charge in [-0.05, 0) is 17.7 Å². The number of carboxylic acids is 1. The molecule has 0 aliphatic carbocycles. The molecule has 2 rings (SSSR count). The van der Waals surface area contributed by atoms with Crippen molar-refractivity contribution in [2.24, 2.45) is 0 Å². The molecule has 0 aromatic heterocycles. The number of hydrogen-bond acceptors (Lipinski definition) is 2. The van der Waals surface area contributed by atoms with Crippen LogP contribution >= 0.6 is 27.5 Å². The third-order valence-corrected chi connectivity index (χ3v) is 3.94. The van der Waals surface area contributed by atoms with Crippen molar-refractivity contribution in [3.63, 3.8) is 0 Å². The van der Waals surface area contributed by atoms with E-state index in [1.54, 1.807) is 0 Å². The monoisotopic (exact) mass is 345 g/mol. The van der Waals surface area contributed by atoms with Gasteiger partial charge in [-0.1, -0.05) is 28.1 Å². The molecule has 1 aromatic carbocycles. The van der Waals surface area contributed by atoms with Gasteiger partial charge in [0.2, 0.25) is 5.91 Å². The van der Waals surface area contributed by atoms with Crippen molar-refractivity contribution >= 4 is 39.4 Å². The number of benzene rings is 1. The van der Waals surface area contributed by atoms with Crippen molar-refractivity contribution in [3.8, 4) is 0 Å². The summed E-state index contributed by atoms with van der Waals surface area (Å²) in [5, 5.41) is 9.02. The number of carboxylic acid groups (broad SMARTS) is 1. The molecule has 1 aromatic rings. The van der Waals surface area contributed by atoms with Crippen LogP contribution in [-0.4, -0.2) is 39.8 Å². The number of hydrogen-bond donors (Lipinski definition) is 1. The fourth-order valence-electron chi connectivity index (χ4n) is 2.16. The van der Waals surface area contributed by atoms with Crippen LogP contribution in [0.5, 0.6) is 0 Å². The molecule has 0 spiro atoms. The standard InChI is InChI=1S/C13H13BrClNO3/c14-9-3-1-8(2-4-9)5-11(13(18)19)16-7-10(15)6-12(16)17/h1-4,10-11H,5-7H2,(H,18,19). The molecule has 6 heteroatoms. The molecule has 1 aliphatic heterocycles. The number of nitrogens with zero attached hydrogens (tertiary/aromatic N) is 1. The van der Waals surface area contributed by atoms with Crippen molar-refractivity contribution in [2.45, 2.75) is 24.3 Å². The lowest BCUT2D eigenvalue weighted by Gasteiger charge is -2.24. The zero-order valence-electron chi connectivity index (χ0n) is 10.1. The molecule has 1 fully saturated rings. The topological polar surface area (TPSA) is 57.6 Å². The van der Waals surface area contributed by atoms with Gasteiger partial charge in [0.25, 0.3) is 0 Å². The SMILES string of the molecule is O=C(O)C(Cc1ccc(Br)cc1)N1CC(Cl)CC1=O.